The quantitative estimate of drug-likeness (QED) is 0.891. The van der Waals surface area contributed by atoms with Gasteiger partial charge < -0.3 is 5.32 Å². The van der Waals surface area contributed by atoms with Crippen LogP contribution >= 0.6 is 0 Å². The maximum absolute atomic E-state index is 11.7. The van der Waals surface area contributed by atoms with E-state index in [0.29, 0.717) is 6.42 Å². The molecule has 0 aliphatic heterocycles. The molecule has 0 bridgehead atoms. The number of nitrogens with one attached hydrogen (secondary N) is 1. The van der Waals surface area contributed by atoms with Gasteiger partial charge in [-0.15, -0.1) is 0 Å². The highest BCUT2D eigenvalue weighted by Gasteiger charge is 2.29. The van der Waals surface area contributed by atoms with Crippen LogP contribution in [0.15, 0.2) is 12.4 Å². The Hall–Kier alpha value is -0.880. The molecule has 2 rings (SSSR count). The van der Waals surface area contributed by atoms with E-state index >= 15 is 0 Å². The summed E-state index contributed by atoms with van der Waals surface area (Å²) in [7, 11) is -2.93. The number of hydrogen-bond acceptors (Lipinski definition) is 4. The summed E-state index contributed by atoms with van der Waals surface area (Å²) in [5.74, 6) is 0. The van der Waals surface area contributed by atoms with Crippen LogP contribution in [-0.4, -0.2) is 36.2 Å². The van der Waals surface area contributed by atoms with Crippen molar-refractivity contribution >= 4 is 9.84 Å². The van der Waals surface area contributed by atoms with E-state index in [1.54, 1.807) is 0 Å². The third-order valence-electron chi connectivity index (χ3n) is 3.81. The van der Waals surface area contributed by atoms with Crippen LogP contribution in [0, 0.1) is 0 Å². The van der Waals surface area contributed by atoms with Crippen molar-refractivity contribution in [2.75, 3.05) is 12.8 Å². The highest BCUT2D eigenvalue weighted by atomic mass is 32.2. The molecule has 1 aliphatic carbocycles. The van der Waals surface area contributed by atoms with Gasteiger partial charge in [0.1, 0.15) is 9.84 Å². The smallest absolute Gasteiger partial charge is 0.150 e. The van der Waals surface area contributed by atoms with Crippen LogP contribution in [-0.2, 0) is 16.4 Å². The van der Waals surface area contributed by atoms with Crippen LogP contribution in [0.1, 0.15) is 44.2 Å². The fraction of sp³-hybridized carbons (Fsp3) is 0.769. The molecule has 108 valence electrons. The lowest BCUT2D eigenvalue weighted by atomic mass is 9.95. The van der Waals surface area contributed by atoms with Crippen molar-refractivity contribution < 1.29 is 8.42 Å². The molecule has 1 heterocycles. The number of hydrogen-bond donors (Lipinski definition) is 1. The van der Waals surface area contributed by atoms with E-state index in [1.165, 1.54) is 6.26 Å². The minimum atomic E-state index is -2.93. The molecule has 0 amide bonds. The van der Waals surface area contributed by atoms with Crippen LogP contribution < -0.4 is 5.32 Å². The third kappa shape index (κ3) is 3.79. The Kier molecular flexibility index (Phi) is 4.62. The molecule has 1 N–H and O–H groups in total. The summed E-state index contributed by atoms with van der Waals surface area (Å²) in [5, 5.41) is 7.45. The Bertz CT molecular complexity index is 510. The van der Waals surface area contributed by atoms with Crippen molar-refractivity contribution in [1.29, 1.82) is 0 Å². The second-order valence-corrected chi connectivity index (χ2v) is 7.71. The van der Waals surface area contributed by atoms with E-state index in [4.69, 9.17) is 0 Å². The Morgan fingerprint density at radius 2 is 2.26 bits per heavy atom. The minimum absolute atomic E-state index is 0.201. The van der Waals surface area contributed by atoms with Crippen LogP contribution in [0.25, 0.3) is 0 Å². The zero-order valence-corrected chi connectivity index (χ0v) is 12.5. The van der Waals surface area contributed by atoms with Crippen molar-refractivity contribution in [2.45, 2.75) is 50.4 Å². The van der Waals surface area contributed by atoms with Crippen molar-refractivity contribution in [3.05, 3.63) is 18.0 Å². The largest absolute Gasteiger partial charge is 0.313 e. The molecule has 1 fully saturated rings. The molecule has 1 saturated carbocycles. The average Bonchev–Trinajstić information content (AvgIpc) is 2.84. The predicted octanol–water partition coefficient (Wildman–Crippen LogP) is 1.52. The third-order valence-corrected chi connectivity index (χ3v) is 5.45. The summed E-state index contributed by atoms with van der Waals surface area (Å²) in [6.07, 6.45) is 8.73. The van der Waals surface area contributed by atoms with Gasteiger partial charge in [0, 0.05) is 24.6 Å². The normalized spacial score (nSPS) is 24.5. The molecular formula is C13H23N3O2S. The number of rotatable bonds is 5. The molecule has 6 heteroatoms. The van der Waals surface area contributed by atoms with E-state index in [2.05, 4.69) is 17.3 Å². The van der Waals surface area contributed by atoms with Gasteiger partial charge in [0.15, 0.2) is 0 Å². The first-order chi connectivity index (χ1) is 9.00. The Morgan fingerprint density at radius 3 is 2.95 bits per heavy atom. The van der Waals surface area contributed by atoms with Gasteiger partial charge in [0.25, 0.3) is 0 Å². The molecule has 19 heavy (non-hydrogen) atoms. The number of aromatic nitrogens is 2. The topological polar surface area (TPSA) is 64.0 Å². The summed E-state index contributed by atoms with van der Waals surface area (Å²) in [5.41, 5.74) is 1.16. The molecule has 1 aliphatic rings. The second-order valence-electron chi connectivity index (χ2n) is 5.38. The lowest BCUT2D eigenvalue weighted by Gasteiger charge is -2.28. The monoisotopic (exact) mass is 285 g/mol. The molecule has 0 saturated heterocycles. The zero-order chi connectivity index (χ0) is 13.9. The molecule has 2 atom stereocenters. The van der Waals surface area contributed by atoms with Crippen molar-refractivity contribution in [1.82, 2.24) is 15.1 Å². The Labute approximate surface area is 115 Å². The second kappa shape index (κ2) is 6.05. The summed E-state index contributed by atoms with van der Waals surface area (Å²) in [4.78, 5) is 0. The molecule has 1 aromatic heterocycles. The van der Waals surface area contributed by atoms with Gasteiger partial charge >= 0.3 is 0 Å². The molecule has 2 unspecified atom stereocenters. The summed E-state index contributed by atoms with van der Waals surface area (Å²) < 4.78 is 25.3. The molecule has 0 aromatic carbocycles. The molecular weight excluding hydrogens is 262 g/mol. The first-order valence-corrected chi connectivity index (χ1v) is 8.88. The molecule has 5 nitrogen and oxygen atoms in total. The van der Waals surface area contributed by atoms with Crippen molar-refractivity contribution in [2.24, 2.45) is 0 Å². The van der Waals surface area contributed by atoms with Gasteiger partial charge in [-0.05, 0) is 25.8 Å². The van der Waals surface area contributed by atoms with Gasteiger partial charge in [-0.3, -0.25) is 4.68 Å². The highest BCUT2D eigenvalue weighted by Crippen LogP contribution is 2.31. The minimum Gasteiger partial charge on any atom is -0.313 e. The number of sulfone groups is 1. The van der Waals surface area contributed by atoms with Crippen molar-refractivity contribution in [3.63, 3.8) is 0 Å². The first kappa shape index (κ1) is 14.5. The highest BCUT2D eigenvalue weighted by molar-refractivity contribution is 7.91. The Morgan fingerprint density at radius 1 is 1.47 bits per heavy atom. The SMILES string of the molecule is CCNCc1cnn(C2CCCC(S(C)(=O)=O)C2)c1. The van der Waals surface area contributed by atoms with E-state index < -0.39 is 9.84 Å². The van der Waals surface area contributed by atoms with Gasteiger partial charge in [-0.2, -0.15) is 5.10 Å². The van der Waals surface area contributed by atoms with Gasteiger partial charge in [0.2, 0.25) is 0 Å². The van der Waals surface area contributed by atoms with E-state index in [1.807, 2.05) is 17.1 Å². The van der Waals surface area contributed by atoms with E-state index in [9.17, 15) is 8.42 Å². The summed E-state index contributed by atoms with van der Waals surface area (Å²) >= 11 is 0. The fourth-order valence-corrected chi connectivity index (χ4v) is 3.85. The fourth-order valence-electron chi connectivity index (χ4n) is 2.69. The maximum Gasteiger partial charge on any atom is 0.150 e. The van der Waals surface area contributed by atoms with Gasteiger partial charge in [-0.25, -0.2) is 8.42 Å². The summed E-state index contributed by atoms with van der Waals surface area (Å²) in [6.45, 7) is 3.83. The van der Waals surface area contributed by atoms with Crippen LogP contribution in [0.3, 0.4) is 0 Å². The van der Waals surface area contributed by atoms with Crippen LogP contribution in [0.2, 0.25) is 0 Å². The molecule has 1 aromatic rings. The van der Waals surface area contributed by atoms with Gasteiger partial charge in [0.05, 0.1) is 17.5 Å². The van der Waals surface area contributed by atoms with E-state index in [-0.39, 0.29) is 11.3 Å². The van der Waals surface area contributed by atoms with E-state index in [0.717, 1.165) is 37.9 Å². The number of nitrogens with zero attached hydrogens (tertiary/aromatic N) is 2. The maximum atomic E-state index is 11.7. The molecule has 0 spiro atoms. The standard InChI is InChI=1S/C13H23N3O2S/c1-3-14-8-11-9-15-16(10-11)12-5-4-6-13(7-12)19(2,17)18/h9-10,12-14H,3-8H2,1-2H3. The van der Waals surface area contributed by atoms with Crippen LogP contribution in [0.5, 0.6) is 0 Å². The lowest BCUT2D eigenvalue weighted by molar-refractivity contribution is 0.329. The van der Waals surface area contributed by atoms with Crippen LogP contribution in [0.4, 0.5) is 0 Å². The predicted molar refractivity (Wildman–Crippen MR) is 75.7 cm³/mol. The molecule has 0 radical (unpaired) electrons. The summed E-state index contributed by atoms with van der Waals surface area (Å²) in [6, 6.07) is 0.226. The first-order valence-electron chi connectivity index (χ1n) is 6.93. The average molecular weight is 285 g/mol. The zero-order valence-electron chi connectivity index (χ0n) is 11.7. The Balaban J connectivity index is 2.03. The van der Waals surface area contributed by atoms with Crippen molar-refractivity contribution in [3.8, 4) is 0 Å². The van der Waals surface area contributed by atoms with Gasteiger partial charge in [-0.1, -0.05) is 13.3 Å². The lowest BCUT2D eigenvalue weighted by Crippen LogP contribution is -2.29.